The van der Waals surface area contributed by atoms with Crippen LogP contribution in [0.3, 0.4) is 0 Å². The van der Waals surface area contributed by atoms with E-state index in [4.69, 9.17) is 0 Å². The zero-order valence-electron chi connectivity index (χ0n) is 13.3. The number of amides is 2. The molecule has 0 saturated carbocycles. The van der Waals surface area contributed by atoms with Crippen molar-refractivity contribution in [3.63, 3.8) is 0 Å². The van der Waals surface area contributed by atoms with Crippen LogP contribution in [0.2, 0.25) is 0 Å². The standard InChI is InChI=1S/C16H21F3N2O3/c1-11(22)12-5-7-21(8-6-12)15(23)20-13-3-2-4-14(9-13)24-10-16(17,18)19/h2-4,9,11-12,22H,5-8,10H2,1H3,(H,20,23). The fraction of sp³-hybridized carbons (Fsp3) is 0.562. The van der Waals surface area contributed by atoms with Crippen LogP contribution >= 0.6 is 0 Å². The number of benzene rings is 1. The average Bonchev–Trinajstić information content (AvgIpc) is 2.53. The van der Waals surface area contributed by atoms with Crippen molar-refractivity contribution in [1.82, 2.24) is 4.90 Å². The monoisotopic (exact) mass is 346 g/mol. The SMILES string of the molecule is CC(O)C1CCN(C(=O)Nc2cccc(OCC(F)(F)F)c2)CC1. The number of aliphatic hydroxyl groups is 1. The van der Waals surface area contributed by atoms with E-state index in [1.807, 2.05) is 0 Å². The first kappa shape index (κ1) is 18.4. The number of anilines is 1. The van der Waals surface area contributed by atoms with E-state index in [0.717, 1.165) is 12.8 Å². The largest absolute Gasteiger partial charge is 0.484 e. The fourth-order valence-electron chi connectivity index (χ4n) is 2.62. The fourth-order valence-corrected chi connectivity index (χ4v) is 2.62. The van der Waals surface area contributed by atoms with Crippen molar-refractivity contribution >= 4 is 11.7 Å². The van der Waals surface area contributed by atoms with Crippen molar-refractivity contribution in [1.29, 1.82) is 0 Å². The Bertz CT molecular complexity index is 556. The Morgan fingerprint density at radius 1 is 1.42 bits per heavy atom. The van der Waals surface area contributed by atoms with Gasteiger partial charge in [0, 0.05) is 24.8 Å². The maximum Gasteiger partial charge on any atom is 0.422 e. The van der Waals surface area contributed by atoms with Gasteiger partial charge in [-0.05, 0) is 37.8 Å². The number of carbonyl (C=O) groups excluding carboxylic acids is 1. The molecule has 2 rings (SSSR count). The number of likely N-dealkylation sites (tertiary alicyclic amines) is 1. The molecule has 0 bridgehead atoms. The summed E-state index contributed by atoms with van der Waals surface area (Å²) >= 11 is 0. The molecule has 1 aromatic carbocycles. The molecule has 1 aromatic rings. The number of carbonyl (C=O) groups is 1. The molecule has 1 atom stereocenters. The normalized spacial score (nSPS) is 17.5. The highest BCUT2D eigenvalue weighted by atomic mass is 19.4. The molecule has 1 saturated heterocycles. The van der Waals surface area contributed by atoms with Gasteiger partial charge < -0.3 is 20.1 Å². The number of nitrogens with zero attached hydrogens (tertiary/aromatic N) is 1. The summed E-state index contributed by atoms with van der Waals surface area (Å²) in [6, 6.07) is 5.54. The molecule has 8 heteroatoms. The number of aliphatic hydroxyl groups excluding tert-OH is 1. The van der Waals surface area contributed by atoms with E-state index in [1.165, 1.54) is 18.2 Å². The second kappa shape index (κ2) is 7.74. The second-order valence-corrected chi connectivity index (χ2v) is 5.93. The molecular formula is C16H21F3N2O3. The summed E-state index contributed by atoms with van der Waals surface area (Å²) in [5.74, 6) is 0.228. The predicted molar refractivity (Wildman–Crippen MR) is 83.0 cm³/mol. The highest BCUT2D eigenvalue weighted by molar-refractivity contribution is 5.89. The third-order valence-electron chi connectivity index (χ3n) is 4.00. The third kappa shape index (κ3) is 5.59. The third-order valence-corrected chi connectivity index (χ3v) is 4.00. The molecule has 5 nitrogen and oxygen atoms in total. The minimum Gasteiger partial charge on any atom is -0.484 e. The number of ether oxygens (including phenoxy) is 1. The van der Waals surface area contributed by atoms with Crippen molar-refractivity contribution in [2.24, 2.45) is 5.92 Å². The lowest BCUT2D eigenvalue weighted by molar-refractivity contribution is -0.153. The highest BCUT2D eigenvalue weighted by Gasteiger charge is 2.28. The van der Waals surface area contributed by atoms with E-state index < -0.39 is 18.9 Å². The Kier molecular flexibility index (Phi) is 5.93. The van der Waals surface area contributed by atoms with Crippen LogP contribution in [0, 0.1) is 5.92 Å². The van der Waals surface area contributed by atoms with E-state index in [-0.39, 0.29) is 17.7 Å². The molecule has 24 heavy (non-hydrogen) atoms. The number of halogens is 3. The summed E-state index contributed by atoms with van der Waals surface area (Å²) in [5.41, 5.74) is 0.373. The van der Waals surface area contributed by atoms with Crippen molar-refractivity contribution in [3.05, 3.63) is 24.3 Å². The minimum atomic E-state index is -4.41. The van der Waals surface area contributed by atoms with E-state index in [2.05, 4.69) is 10.1 Å². The molecule has 2 N–H and O–H groups in total. The Balaban J connectivity index is 1.88. The zero-order chi connectivity index (χ0) is 17.7. The van der Waals surface area contributed by atoms with E-state index in [1.54, 1.807) is 17.9 Å². The first-order valence-electron chi connectivity index (χ1n) is 7.78. The quantitative estimate of drug-likeness (QED) is 0.880. The Morgan fingerprint density at radius 3 is 2.67 bits per heavy atom. The van der Waals surface area contributed by atoms with Crippen LogP contribution in [0.1, 0.15) is 19.8 Å². The van der Waals surface area contributed by atoms with Gasteiger partial charge in [0.15, 0.2) is 6.61 Å². The maximum atomic E-state index is 12.2. The summed E-state index contributed by atoms with van der Waals surface area (Å²) in [6.07, 6.45) is -3.36. The number of nitrogens with one attached hydrogen (secondary N) is 1. The van der Waals surface area contributed by atoms with Gasteiger partial charge in [0.05, 0.1) is 6.10 Å². The maximum absolute atomic E-state index is 12.2. The molecule has 0 spiro atoms. The van der Waals surface area contributed by atoms with Gasteiger partial charge in [0.2, 0.25) is 0 Å². The zero-order valence-corrected chi connectivity index (χ0v) is 13.3. The van der Waals surface area contributed by atoms with Crippen LogP contribution in [0.5, 0.6) is 5.75 Å². The van der Waals surface area contributed by atoms with E-state index in [0.29, 0.717) is 18.8 Å². The minimum absolute atomic E-state index is 0.0398. The van der Waals surface area contributed by atoms with Gasteiger partial charge in [-0.2, -0.15) is 13.2 Å². The Labute approximate surface area is 138 Å². The highest BCUT2D eigenvalue weighted by Crippen LogP contribution is 2.23. The van der Waals surface area contributed by atoms with Crippen molar-refractivity contribution in [3.8, 4) is 5.75 Å². The summed E-state index contributed by atoms with van der Waals surface area (Å²) in [5, 5.41) is 12.2. The van der Waals surface area contributed by atoms with Gasteiger partial charge in [-0.25, -0.2) is 4.79 Å². The van der Waals surface area contributed by atoms with Crippen molar-refractivity contribution in [2.45, 2.75) is 32.0 Å². The molecule has 0 aliphatic carbocycles. The molecule has 0 radical (unpaired) electrons. The number of hydrogen-bond donors (Lipinski definition) is 2. The van der Waals surface area contributed by atoms with Gasteiger partial charge in [0.25, 0.3) is 0 Å². The number of hydrogen-bond acceptors (Lipinski definition) is 3. The molecule has 2 amide bonds. The lowest BCUT2D eigenvalue weighted by atomic mass is 9.92. The van der Waals surface area contributed by atoms with E-state index in [9.17, 15) is 23.1 Å². The molecule has 1 aliphatic heterocycles. The van der Waals surface area contributed by atoms with Gasteiger partial charge >= 0.3 is 12.2 Å². The number of rotatable bonds is 4. The number of alkyl halides is 3. The van der Waals surface area contributed by atoms with Crippen molar-refractivity contribution in [2.75, 3.05) is 25.0 Å². The van der Waals surface area contributed by atoms with Crippen LogP contribution in [0.25, 0.3) is 0 Å². The van der Waals surface area contributed by atoms with Crippen LogP contribution < -0.4 is 10.1 Å². The van der Waals surface area contributed by atoms with Crippen LogP contribution in [-0.4, -0.2) is 48.0 Å². The lowest BCUT2D eigenvalue weighted by Crippen LogP contribution is -2.42. The topological polar surface area (TPSA) is 61.8 Å². The van der Waals surface area contributed by atoms with Crippen molar-refractivity contribution < 1.29 is 27.8 Å². The Morgan fingerprint density at radius 2 is 2.08 bits per heavy atom. The summed E-state index contributed by atoms with van der Waals surface area (Å²) in [4.78, 5) is 13.8. The number of piperidine rings is 1. The molecule has 1 fully saturated rings. The lowest BCUT2D eigenvalue weighted by Gasteiger charge is -2.33. The van der Waals surface area contributed by atoms with Gasteiger partial charge in [-0.1, -0.05) is 6.07 Å². The summed E-state index contributed by atoms with van der Waals surface area (Å²) in [6.45, 7) is 1.43. The first-order valence-corrected chi connectivity index (χ1v) is 7.78. The molecular weight excluding hydrogens is 325 g/mol. The second-order valence-electron chi connectivity index (χ2n) is 5.93. The van der Waals surface area contributed by atoms with Crippen LogP contribution in [0.15, 0.2) is 24.3 Å². The summed E-state index contributed by atoms with van der Waals surface area (Å²) in [7, 11) is 0. The number of urea groups is 1. The Hall–Kier alpha value is -1.96. The van der Waals surface area contributed by atoms with Gasteiger partial charge in [-0.15, -0.1) is 0 Å². The average molecular weight is 346 g/mol. The molecule has 134 valence electrons. The molecule has 1 heterocycles. The molecule has 1 aliphatic rings. The van der Waals surface area contributed by atoms with Gasteiger partial charge in [0.1, 0.15) is 5.75 Å². The molecule has 1 unspecified atom stereocenters. The predicted octanol–water partition coefficient (Wildman–Crippen LogP) is 3.25. The molecule has 0 aromatic heterocycles. The first-order chi connectivity index (χ1) is 11.2. The van der Waals surface area contributed by atoms with Crippen LogP contribution in [-0.2, 0) is 0 Å². The van der Waals surface area contributed by atoms with Gasteiger partial charge in [-0.3, -0.25) is 0 Å². The smallest absolute Gasteiger partial charge is 0.422 e. The summed E-state index contributed by atoms with van der Waals surface area (Å²) < 4.78 is 41.2. The van der Waals surface area contributed by atoms with E-state index >= 15 is 0 Å². The van der Waals surface area contributed by atoms with Crippen LogP contribution in [0.4, 0.5) is 23.7 Å².